The Balaban J connectivity index is 2.01. The van der Waals surface area contributed by atoms with Gasteiger partial charge in [0.2, 0.25) is 5.75 Å². The molecule has 0 N–H and O–H groups in total. The summed E-state index contributed by atoms with van der Waals surface area (Å²) in [6.07, 6.45) is 0.783. The average Bonchev–Trinajstić information content (AvgIpc) is 2.61. The lowest BCUT2D eigenvalue weighted by atomic mass is 10.1. The third-order valence-corrected chi connectivity index (χ3v) is 3.69. The van der Waals surface area contributed by atoms with Gasteiger partial charge >= 0.3 is 17.3 Å². The molecule has 0 bridgehead atoms. The van der Waals surface area contributed by atoms with E-state index in [9.17, 15) is 19.7 Å². The molecule has 3 rings (SSSR count). The van der Waals surface area contributed by atoms with Crippen molar-refractivity contribution in [2.45, 2.75) is 13.3 Å². The molecule has 0 spiro atoms. The van der Waals surface area contributed by atoms with E-state index in [0.717, 1.165) is 12.0 Å². The number of para-hydroxylation sites is 2. The van der Waals surface area contributed by atoms with E-state index >= 15 is 0 Å². The van der Waals surface area contributed by atoms with Gasteiger partial charge in [0.1, 0.15) is 11.1 Å². The lowest BCUT2D eigenvalue weighted by Crippen LogP contribution is -2.19. The van der Waals surface area contributed by atoms with Crippen LogP contribution in [0.3, 0.4) is 0 Å². The summed E-state index contributed by atoms with van der Waals surface area (Å²) in [6, 6.07) is 12.1. The quantitative estimate of drug-likeness (QED) is 0.237. The van der Waals surface area contributed by atoms with Crippen molar-refractivity contribution >= 4 is 22.6 Å². The summed E-state index contributed by atoms with van der Waals surface area (Å²) in [5.74, 6) is -1.24. The van der Waals surface area contributed by atoms with Crippen LogP contribution in [0.5, 0.6) is 5.75 Å². The number of nitro groups is 1. The first-order chi connectivity index (χ1) is 12.0. The normalized spacial score (nSPS) is 10.6. The van der Waals surface area contributed by atoms with E-state index in [-0.39, 0.29) is 17.0 Å². The molecule has 0 saturated heterocycles. The monoisotopic (exact) mass is 339 g/mol. The Morgan fingerprint density at radius 3 is 2.68 bits per heavy atom. The van der Waals surface area contributed by atoms with Crippen molar-refractivity contribution in [1.82, 2.24) is 0 Å². The van der Waals surface area contributed by atoms with Crippen molar-refractivity contribution in [2.24, 2.45) is 0 Å². The van der Waals surface area contributed by atoms with Crippen LogP contribution in [0.4, 0.5) is 5.69 Å². The molecular weight excluding hydrogens is 326 g/mol. The maximum atomic E-state index is 12.3. The van der Waals surface area contributed by atoms with E-state index in [1.807, 2.05) is 13.0 Å². The zero-order valence-corrected chi connectivity index (χ0v) is 13.2. The van der Waals surface area contributed by atoms with Gasteiger partial charge in [0.05, 0.1) is 4.92 Å². The van der Waals surface area contributed by atoms with Crippen molar-refractivity contribution in [3.05, 3.63) is 80.2 Å². The summed E-state index contributed by atoms with van der Waals surface area (Å²) < 4.78 is 10.2. The second-order valence-corrected chi connectivity index (χ2v) is 5.29. The largest absolute Gasteiger partial charge is 0.422 e. The predicted octanol–water partition coefficient (Wildman–Crippen LogP) is 3.48. The van der Waals surface area contributed by atoms with Gasteiger partial charge in [-0.15, -0.1) is 0 Å². The Bertz CT molecular complexity index is 1040. The number of ether oxygens (including phenoxy) is 1. The van der Waals surface area contributed by atoms with Gasteiger partial charge in [-0.25, -0.2) is 9.59 Å². The minimum absolute atomic E-state index is 0.237. The molecule has 25 heavy (non-hydrogen) atoms. The number of hydrogen-bond acceptors (Lipinski definition) is 6. The van der Waals surface area contributed by atoms with Crippen LogP contribution in [0.2, 0.25) is 0 Å². The molecule has 7 heteroatoms. The highest BCUT2D eigenvalue weighted by Gasteiger charge is 2.21. The highest BCUT2D eigenvalue weighted by atomic mass is 16.6. The molecule has 0 aliphatic carbocycles. The fraction of sp³-hybridized carbons (Fsp3) is 0.111. The molecule has 2 aromatic carbocycles. The van der Waals surface area contributed by atoms with Crippen molar-refractivity contribution in [2.75, 3.05) is 0 Å². The van der Waals surface area contributed by atoms with E-state index in [1.54, 1.807) is 12.1 Å². The maximum Gasteiger partial charge on any atom is 0.351 e. The van der Waals surface area contributed by atoms with Crippen molar-refractivity contribution in [3.8, 4) is 5.75 Å². The molecule has 3 aromatic rings. The number of hydrogen-bond donors (Lipinski definition) is 0. The van der Waals surface area contributed by atoms with Crippen molar-refractivity contribution < 1.29 is 18.9 Å². The number of nitro benzene ring substituents is 1. The molecule has 0 unspecified atom stereocenters. The van der Waals surface area contributed by atoms with E-state index in [0.29, 0.717) is 11.0 Å². The minimum Gasteiger partial charge on any atom is -0.422 e. The van der Waals surface area contributed by atoms with Crippen LogP contribution in [-0.2, 0) is 6.42 Å². The van der Waals surface area contributed by atoms with Gasteiger partial charge in [0, 0.05) is 11.5 Å². The number of rotatable bonds is 4. The highest BCUT2D eigenvalue weighted by Crippen LogP contribution is 2.26. The molecule has 0 radical (unpaired) electrons. The Labute approximate surface area is 141 Å². The van der Waals surface area contributed by atoms with Gasteiger partial charge in [-0.2, -0.15) is 0 Å². The van der Waals surface area contributed by atoms with Crippen molar-refractivity contribution in [1.29, 1.82) is 0 Å². The third-order valence-electron chi connectivity index (χ3n) is 3.69. The molecule has 0 fully saturated rings. The fourth-order valence-electron chi connectivity index (χ4n) is 2.38. The van der Waals surface area contributed by atoms with Crippen LogP contribution < -0.4 is 10.4 Å². The Morgan fingerprint density at radius 2 is 1.96 bits per heavy atom. The van der Waals surface area contributed by atoms with Crippen LogP contribution in [0.25, 0.3) is 11.0 Å². The van der Waals surface area contributed by atoms with Crippen LogP contribution in [0.15, 0.2) is 57.7 Å². The Hall–Kier alpha value is -3.48. The summed E-state index contributed by atoms with van der Waals surface area (Å²) in [5.41, 5.74) is -0.183. The molecule has 126 valence electrons. The second-order valence-electron chi connectivity index (χ2n) is 5.29. The molecule has 0 atom stereocenters. The molecule has 0 saturated carbocycles. The van der Waals surface area contributed by atoms with Crippen LogP contribution in [-0.4, -0.2) is 10.9 Å². The minimum atomic E-state index is -1.01. The van der Waals surface area contributed by atoms with Gasteiger partial charge in [-0.05, 0) is 36.2 Å². The average molecular weight is 339 g/mol. The Morgan fingerprint density at radius 1 is 1.20 bits per heavy atom. The van der Waals surface area contributed by atoms with Gasteiger partial charge in [0.25, 0.3) is 0 Å². The number of esters is 1. The fourth-order valence-corrected chi connectivity index (χ4v) is 2.38. The highest BCUT2D eigenvalue weighted by molar-refractivity contribution is 5.94. The summed E-state index contributed by atoms with van der Waals surface area (Å²) in [5, 5.41) is 11.6. The van der Waals surface area contributed by atoms with E-state index in [2.05, 4.69) is 0 Å². The van der Waals surface area contributed by atoms with Gasteiger partial charge in [-0.3, -0.25) is 10.1 Å². The molecule has 1 heterocycles. The summed E-state index contributed by atoms with van der Waals surface area (Å²) in [7, 11) is 0. The lowest BCUT2D eigenvalue weighted by Gasteiger charge is -2.05. The maximum absolute atomic E-state index is 12.3. The summed E-state index contributed by atoms with van der Waals surface area (Å²) in [4.78, 5) is 34.7. The number of carbonyl (C=O) groups excluding carboxylic acids is 1. The SMILES string of the molecule is CCc1ccc2oc(=O)c(C(=O)Oc3ccccc3[N+](=O)[O-])cc2c1. The summed E-state index contributed by atoms with van der Waals surface area (Å²) in [6.45, 7) is 1.98. The van der Waals surface area contributed by atoms with Gasteiger partial charge < -0.3 is 9.15 Å². The molecule has 1 aromatic heterocycles. The molecule has 0 amide bonds. The zero-order chi connectivity index (χ0) is 18.0. The molecule has 7 nitrogen and oxygen atoms in total. The van der Waals surface area contributed by atoms with E-state index in [4.69, 9.17) is 9.15 Å². The first-order valence-corrected chi connectivity index (χ1v) is 7.52. The predicted molar refractivity (Wildman–Crippen MR) is 89.9 cm³/mol. The van der Waals surface area contributed by atoms with Crippen LogP contribution >= 0.6 is 0 Å². The standard InChI is InChI=1S/C18H13NO6/c1-2-11-7-8-15-12(9-11)10-13(17(20)24-15)18(21)25-16-6-4-3-5-14(16)19(22)23/h3-10H,2H2,1H3. The van der Waals surface area contributed by atoms with E-state index < -0.39 is 16.5 Å². The number of benzene rings is 2. The molecule has 0 aliphatic heterocycles. The first-order valence-electron chi connectivity index (χ1n) is 7.52. The summed E-state index contributed by atoms with van der Waals surface area (Å²) >= 11 is 0. The van der Waals surface area contributed by atoms with E-state index in [1.165, 1.54) is 30.3 Å². The van der Waals surface area contributed by atoms with Gasteiger partial charge in [-0.1, -0.05) is 25.1 Å². The topological polar surface area (TPSA) is 99.7 Å². The molecular formula is C18H13NO6. The van der Waals surface area contributed by atoms with Crippen molar-refractivity contribution in [3.63, 3.8) is 0 Å². The number of fused-ring (bicyclic) bond motifs is 1. The zero-order valence-electron chi connectivity index (χ0n) is 13.2. The Kier molecular flexibility index (Phi) is 4.30. The first kappa shape index (κ1) is 16.4. The second kappa shape index (κ2) is 6.56. The lowest BCUT2D eigenvalue weighted by molar-refractivity contribution is -0.385. The number of nitrogens with zero attached hydrogens (tertiary/aromatic N) is 1. The van der Waals surface area contributed by atoms with Crippen LogP contribution in [0.1, 0.15) is 22.8 Å². The van der Waals surface area contributed by atoms with Gasteiger partial charge in [0.15, 0.2) is 0 Å². The number of carbonyl (C=O) groups is 1. The smallest absolute Gasteiger partial charge is 0.351 e. The molecule has 0 aliphatic rings. The number of aryl methyl sites for hydroxylation is 1. The van der Waals surface area contributed by atoms with Crippen LogP contribution in [0, 0.1) is 10.1 Å². The third kappa shape index (κ3) is 3.25.